The highest BCUT2D eigenvalue weighted by molar-refractivity contribution is 5.50. The van der Waals surface area contributed by atoms with E-state index in [1.54, 1.807) is 0 Å². The van der Waals surface area contributed by atoms with Gasteiger partial charge in [0.2, 0.25) is 0 Å². The van der Waals surface area contributed by atoms with E-state index in [0.717, 1.165) is 6.42 Å². The van der Waals surface area contributed by atoms with E-state index in [2.05, 4.69) is 0 Å². The third-order valence-electron chi connectivity index (χ3n) is 2.63. The van der Waals surface area contributed by atoms with E-state index in [1.165, 1.54) is 0 Å². The van der Waals surface area contributed by atoms with Gasteiger partial charge in [-0.1, -0.05) is 6.92 Å². The Morgan fingerprint density at radius 3 is 1.52 bits per heavy atom. The molecular formula is C15H29NO7. The Kier molecular flexibility index (Phi) is 15.4. The number of carbonyl (C=O) groups excluding carboxylic acids is 2. The molecule has 0 aromatic heterocycles. The molecule has 0 atom stereocenters. The SMILES string of the molecule is CCCOCC(N)(COCCOCC=O)COCCOCC=O. The number of ether oxygens (including phenoxy) is 5. The maximum Gasteiger partial charge on any atom is 0.145 e. The summed E-state index contributed by atoms with van der Waals surface area (Å²) in [5, 5.41) is 0. The van der Waals surface area contributed by atoms with Crippen molar-refractivity contribution in [2.24, 2.45) is 5.73 Å². The quantitative estimate of drug-likeness (QED) is 0.266. The highest BCUT2D eigenvalue weighted by Gasteiger charge is 2.26. The highest BCUT2D eigenvalue weighted by Crippen LogP contribution is 2.05. The second-order valence-corrected chi connectivity index (χ2v) is 5.00. The Hall–Kier alpha value is -0.900. The fourth-order valence-electron chi connectivity index (χ4n) is 1.59. The van der Waals surface area contributed by atoms with Crippen LogP contribution in [0, 0.1) is 0 Å². The van der Waals surface area contributed by atoms with Crippen molar-refractivity contribution in [3.8, 4) is 0 Å². The first-order valence-electron chi connectivity index (χ1n) is 7.73. The molecule has 0 aliphatic rings. The molecule has 0 radical (unpaired) electrons. The lowest BCUT2D eigenvalue weighted by Gasteiger charge is -2.29. The van der Waals surface area contributed by atoms with Crippen LogP contribution in [0.4, 0.5) is 0 Å². The number of nitrogens with two attached hydrogens (primary N) is 1. The minimum atomic E-state index is -0.773. The standard InChI is InChI=1S/C15H29NO7/c1-2-5-21-12-15(16,13-22-10-8-19-6-3-17)14-23-11-9-20-7-4-18/h3-4H,2,5-14,16H2,1H3. The van der Waals surface area contributed by atoms with Crippen LogP contribution in [0.15, 0.2) is 0 Å². The Balaban J connectivity index is 3.97. The molecule has 0 aliphatic heterocycles. The molecule has 0 heterocycles. The minimum Gasteiger partial charge on any atom is -0.379 e. The van der Waals surface area contributed by atoms with E-state index in [9.17, 15) is 9.59 Å². The first-order valence-corrected chi connectivity index (χ1v) is 7.73. The van der Waals surface area contributed by atoms with Crippen molar-refractivity contribution in [1.82, 2.24) is 0 Å². The number of carbonyl (C=O) groups is 2. The number of aldehydes is 2. The van der Waals surface area contributed by atoms with Gasteiger partial charge in [0, 0.05) is 6.61 Å². The van der Waals surface area contributed by atoms with Gasteiger partial charge in [-0.15, -0.1) is 0 Å². The van der Waals surface area contributed by atoms with Crippen molar-refractivity contribution in [1.29, 1.82) is 0 Å². The topological polar surface area (TPSA) is 106 Å². The number of hydrogen-bond acceptors (Lipinski definition) is 8. The first-order chi connectivity index (χ1) is 11.2. The maximum atomic E-state index is 10.1. The summed E-state index contributed by atoms with van der Waals surface area (Å²) in [5.41, 5.74) is 5.48. The Bertz CT molecular complexity index is 269. The van der Waals surface area contributed by atoms with Gasteiger partial charge in [-0.2, -0.15) is 0 Å². The van der Waals surface area contributed by atoms with Gasteiger partial charge in [0.05, 0.1) is 51.8 Å². The molecule has 0 fully saturated rings. The summed E-state index contributed by atoms with van der Waals surface area (Å²) in [4.78, 5) is 20.2. The molecule has 8 heteroatoms. The zero-order valence-electron chi connectivity index (χ0n) is 13.9. The first kappa shape index (κ1) is 22.1. The summed E-state index contributed by atoms with van der Waals surface area (Å²) in [5.74, 6) is 0. The molecule has 0 unspecified atom stereocenters. The van der Waals surface area contributed by atoms with Gasteiger partial charge >= 0.3 is 0 Å². The molecule has 0 amide bonds. The molecule has 8 nitrogen and oxygen atoms in total. The normalized spacial score (nSPS) is 11.6. The van der Waals surface area contributed by atoms with E-state index in [1.807, 2.05) is 6.92 Å². The van der Waals surface area contributed by atoms with Crippen molar-refractivity contribution in [2.45, 2.75) is 18.9 Å². The van der Waals surface area contributed by atoms with Gasteiger partial charge in [0.15, 0.2) is 0 Å². The molecule has 0 spiro atoms. The van der Waals surface area contributed by atoms with Crippen LogP contribution in [0.5, 0.6) is 0 Å². The van der Waals surface area contributed by atoms with Gasteiger partial charge in [0.25, 0.3) is 0 Å². The number of hydrogen-bond donors (Lipinski definition) is 1. The summed E-state index contributed by atoms with van der Waals surface area (Å²) in [6.07, 6.45) is 2.27. The fourth-order valence-corrected chi connectivity index (χ4v) is 1.59. The molecular weight excluding hydrogens is 306 g/mol. The fraction of sp³-hybridized carbons (Fsp3) is 0.867. The predicted octanol–water partition coefficient (Wildman–Crippen LogP) is -0.425. The molecule has 0 bridgehead atoms. The van der Waals surface area contributed by atoms with Crippen molar-refractivity contribution in [3.63, 3.8) is 0 Å². The molecule has 0 rings (SSSR count). The molecule has 23 heavy (non-hydrogen) atoms. The molecule has 0 saturated heterocycles. The number of rotatable bonds is 18. The van der Waals surface area contributed by atoms with Crippen molar-refractivity contribution in [3.05, 3.63) is 0 Å². The van der Waals surface area contributed by atoms with Gasteiger partial charge in [0.1, 0.15) is 25.8 Å². The summed E-state index contributed by atoms with van der Waals surface area (Å²) in [6, 6.07) is 0. The van der Waals surface area contributed by atoms with Crippen LogP contribution in [0.25, 0.3) is 0 Å². The zero-order valence-corrected chi connectivity index (χ0v) is 13.9. The molecule has 0 aromatic carbocycles. The zero-order chi connectivity index (χ0) is 17.2. The summed E-state index contributed by atoms with van der Waals surface area (Å²) in [7, 11) is 0. The molecule has 136 valence electrons. The second-order valence-electron chi connectivity index (χ2n) is 5.00. The van der Waals surface area contributed by atoms with Crippen LogP contribution in [-0.4, -0.2) is 84.2 Å². The van der Waals surface area contributed by atoms with Crippen molar-refractivity contribution in [2.75, 3.05) is 66.1 Å². The van der Waals surface area contributed by atoms with E-state index < -0.39 is 5.54 Å². The minimum absolute atomic E-state index is 0.0562. The lowest BCUT2D eigenvalue weighted by Crippen LogP contribution is -2.53. The Morgan fingerprint density at radius 1 is 0.739 bits per heavy atom. The lowest BCUT2D eigenvalue weighted by atomic mass is 10.1. The van der Waals surface area contributed by atoms with E-state index in [-0.39, 0.29) is 26.4 Å². The molecule has 0 aliphatic carbocycles. The van der Waals surface area contributed by atoms with Crippen LogP contribution in [0.2, 0.25) is 0 Å². The van der Waals surface area contributed by atoms with Crippen LogP contribution in [-0.2, 0) is 33.3 Å². The predicted molar refractivity (Wildman–Crippen MR) is 83.4 cm³/mol. The van der Waals surface area contributed by atoms with Gasteiger partial charge in [-0.25, -0.2) is 0 Å². The third-order valence-corrected chi connectivity index (χ3v) is 2.63. The average Bonchev–Trinajstić information content (AvgIpc) is 2.54. The van der Waals surface area contributed by atoms with Gasteiger partial charge in [-0.3, -0.25) is 0 Å². The van der Waals surface area contributed by atoms with Crippen molar-refractivity contribution < 1.29 is 33.3 Å². The summed E-state index contributed by atoms with van der Waals surface area (Å²) >= 11 is 0. The second kappa shape index (κ2) is 16.0. The van der Waals surface area contributed by atoms with Crippen LogP contribution >= 0.6 is 0 Å². The van der Waals surface area contributed by atoms with Crippen LogP contribution < -0.4 is 5.73 Å². The molecule has 0 saturated carbocycles. The average molecular weight is 335 g/mol. The van der Waals surface area contributed by atoms with Crippen LogP contribution in [0.1, 0.15) is 13.3 Å². The Morgan fingerprint density at radius 2 is 1.13 bits per heavy atom. The highest BCUT2D eigenvalue weighted by atomic mass is 16.5. The van der Waals surface area contributed by atoms with E-state index >= 15 is 0 Å². The third kappa shape index (κ3) is 14.4. The molecule has 0 aromatic rings. The largest absolute Gasteiger partial charge is 0.379 e. The summed E-state index contributed by atoms with van der Waals surface area (Å²) < 4.78 is 26.4. The maximum absolute atomic E-state index is 10.1. The monoisotopic (exact) mass is 335 g/mol. The van der Waals surface area contributed by atoms with E-state index in [4.69, 9.17) is 29.4 Å². The van der Waals surface area contributed by atoms with Gasteiger partial charge in [-0.05, 0) is 6.42 Å². The smallest absolute Gasteiger partial charge is 0.145 e. The molecule has 2 N–H and O–H groups in total. The van der Waals surface area contributed by atoms with Gasteiger partial charge < -0.3 is 39.0 Å². The van der Waals surface area contributed by atoms with Crippen LogP contribution in [0.3, 0.4) is 0 Å². The lowest BCUT2D eigenvalue weighted by molar-refractivity contribution is -0.112. The van der Waals surface area contributed by atoms with Crippen molar-refractivity contribution >= 4 is 12.6 Å². The summed E-state index contributed by atoms with van der Waals surface area (Å²) in [6.45, 7) is 4.87. The Labute approximate surface area is 137 Å². The van der Waals surface area contributed by atoms with E-state index in [0.29, 0.717) is 52.2 Å².